The molecule has 0 spiro atoms. The van der Waals surface area contributed by atoms with Crippen LogP contribution in [0, 0.1) is 0 Å². The average Bonchev–Trinajstić information content (AvgIpc) is 2.13. The molecule has 1 unspecified atom stereocenters. The Labute approximate surface area is 59.3 Å². The number of hydrogen-bond donors (Lipinski definition) is 1. The lowest BCUT2D eigenvalue weighted by molar-refractivity contribution is -0.139. The van der Waals surface area contributed by atoms with Crippen molar-refractivity contribution in [3.8, 4) is 0 Å². The molecule has 0 aromatic rings. The van der Waals surface area contributed by atoms with Gasteiger partial charge in [0.15, 0.2) is 0 Å². The predicted octanol–water partition coefficient (Wildman–Crippen LogP) is 1.15. The molecule has 0 saturated carbocycles. The first kappa shape index (κ1) is 7.12. The van der Waals surface area contributed by atoms with Gasteiger partial charge in [-0.25, -0.2) is 0 Å². The molecule has 1 heterocycles. The van der Waals surface area contributed by atoms with Gasteiger partial charge >= 0.3 is 5.97 Å². The standard InChI is InChI=1S/C7H10O3/c1-5-2-3-6(10-5)4-7(8)9/h6H,1-4H2,(H,8,9). The second-order valence-corrected chi connectivity index (χ2v) is 2.42. The lowest BCUT2D eigenvalue weighted by atomic mass is 10.2. The van der Waals surface area contributed by atoms with Crippen LogP contribution in [0.4, 0.5) is 0 Å². The summed E-state index contributed by atoms with van der Waals surface area (Å²) >= 11 is 0. The summed E-state index contributed by atoms with van der Waals surface area (Å²) in [5.74, 6) is -0.0917. The third-order valence-electron chi connectivity index (χ3n) is 1.48. The normalized spacial score (nSPS) is 24.4. The average molecular weight is 142 g/mol. The first-order valence-corrected chi connectivity index (χ1v) is 3.24. The number of carbonyl (C=O) groups is 1. The largest absolute Gasteiger partial charge is 0.495 e. The van der Waals surface area contributed by atoms with Crippen molar-refractivity contribution in [3.05, 3.63) is 12.3 Å². The first-order chi connectivity index (χ1) is 4.68. The van der Waals surface area contributed by atoms with Crippen LogP contribution in [-0.2, 0) is 9.53 Å². The maximum atomic E-state index is 10.2. The van der Waals surface area contributed by atoms with Crippen LogP contribution in [0.3, 0.4) is 0 Å². The summed E-state index contributed by atoms with van der Waals surface area (Å²) in [5, 5.41) is 8.35. The van der Waals surface area contributed by atoms with E-state index < -0.39 is 5.97 Å². The van der Waals surface area contributed by atoms with Crippen molar-refractivity contribution in [2.45, 2.75) is 25.4 Å². The molecule has 1 aliphatic heterocycles. The molecule has 0 bridgehead atoms. The minimum atomic E-state index is -0.806. The number of allylic oxidation sites excluding steroid dienone is 1. The molecule has 1 rings (SSSR count). The van der Waals surface area contributed by atoms with Crippen molar-refractivity contribution in [1.82, 2.24) is 0 Å². The van der Waals surface area contributed by atoms with Gasteiger partial charge in [0.1, 0.15) is 6.10 Å². The molecule has 0 aromatic carbocycles. The van der Waals surface area contributed by atoms with Crippen LogP contribution in [-0.4, -0.2) is 17.2 Å². The van der Waals surface area contributed by atoms with E-state index in [0.29, 0.717) is 5.76 Å². The molecule has 1 saturated heterocycles. The summed E-state index contributed by atoms with van der Waals surface area (Å²) < 4.78 is 5.10. The second kappa shape index (κ2) is 2.73. The predicted molar refractivity (Wildman–Crippen MR) is 35.5 cm³/mol. The number of hydrogen-bond acceptors (Lipinski definition) is 2. The van der Waals surface area contributed by atoms with E-state index in [9.17, 15) is 4.79 Å². The Morgan fingerprint density at radius 2 is 2.60 bits per heavy atom. The lowest BCUT2D eigenvalue weighted by Crippen LogP contribution is -2.10. The minimum absolute atomic E-state index is 0.0962. The Balaban J connectivity index is 2.31. The zero-order valence-electron chi connectivity index (χ0n) is 5.67. The van der Waals surface area contributed by atoms with E-state index in [-0.39, 0.29) is 12.5 Å². The van der Waals surface area contributed by atoms with E-state index in [1.807, 2.05) is 0 Å². The summed E-state index contributed by atoms with van der Waals surface area (Å²) in [6.07, 6.45) is 1.56. The molecular weight excluding hydrogens is 132 g/mol. The molecule has 1 atom stereocenters. The second-order valence-electron chi connectivity index (χ2n) is 2.42. The van der Waals surface area contributed by atoms with Gasteiger partial charge in [0, 0.05) is 6.42 Å². The molecule has 56 valence electrons. The molecule has 0 amide bonds. The van der Waals surface area contributed by atoms with Gasteiger partial charge in [-0.3, -0.25) is 4.79 Å². The monoisotopic (exact) mass is 142 g/mol. The number of aliphatic carboxylic acids is 1. The number of rotatable bonds is 2. The molecule has 1 fully saturated rings. The van der Waals surface area contributed by atoms with Gasteiger partial charge in [0.2, 0.25) is 0 Å². The van der Waals surface area contributed by atoms with Gasteiger partial charge in [-0.15, -0.1) is 0 Å². The van der Waals surface area contributed by atoms with E-state index in [0.717, 1.165) is 12.8 Å². The Hall–Kier alpha value is -0.990. The molecule has 1 N–H and O–H groups in total. The summed E-state index contributed by atoms with van der Waals surface area (Å²) in [4.78, 5) is 10.2. The number of carboxylic acid groups (broad SMARTS) is 1. The van der Waals surface area contributed by atoms with Crippen LogP contribution in [0.25, 0.3) is 0 Å². The topological polar surface area (TPSA) is 46.5 Å². The molecule has 3 heteroatoms. The molecule has 0 radical (unpaired) electrons. The lowest BCUT2D eigenvalue weighted by Gasteiger charge is -2.05. The Bertz CT molecular complexity index is 162. The van der Waals surface area contributed by atoms with E-state index in [4.69, 9.17) is 9.84 Å². The van der Waals surface area contributed by atoms with Gasteiger partial charge in [-0.2, -0.15) is 0 Å². The van der Waals surface area contributed by atoms with Crippen molar-refractivity contribution in [3.63, 3.8) is 0 Å². The quantitative estimate of drug-likeness (QED) is 0.629. The zero-order chi connectivity index (χ0) is 7.56. The SMILES string of the molecule is C=C1CCC(CC(=O)O)O1. The molecule has 1 aliphatic rings. The Morgan fingerprint density at radius 1 is 1.90 bits per heavy atom. The maximum absolute atomic E-state index is 10.2. The van der Waals surface area contributed by atoms with E-state index in [1.165, 1.54) is 0 Å². The van der Waals surface area contributed by atoms with Crippen LogP contribution >= 0.6 is 0 Å². The van der Waals surface area contributed by atoms with Crippen molar-refractivity contribution < 1.29 is 14.6 Å². The smallest absolute Gasteiger partial charge is 0.307 e. The van der Waals surface area contributed by atoms with Crippen LogP contribution < -0.4 is 0 Å². The van der Waals surface area contributed by atoms with Gasteiger partial charge in [-0.05, 0) is 6.42 Å². The molecular formula is C7H10O3. The number of carboxylic acids is 1. The summed E-state index contributed by atoms with van der Waals surface area (Å²) in [5.41, 5.74) is 0. The first-order valence-electron chi connectivity index (χ1n) is 3.24. The van der Waals surface area contributed by atoms with Crippen molar-refractivity contribution in [2.75, 3.05) is 0 Å². The highest BCUT2D eigenvalue weighted by Crippen LogP contribution is 2.23. The van der Waals surface area contributed by atoms with E-state index >= 15 is 0 Å². The van der Waals surface area contributed by atoms with Gasteiger partial charge in [0.25, 0.3) is 0 Å². The van der Waals surface area contributed by atoms with Gasteiger partial charge in [-0.1, -0.05) is 6.58 Å². The molecule has 10 heavy (non-hydrogen) atoms. The third kappa shape index (κ3) is 1.76. The minimum Gasteiger partial charge on any atom is -0.495 e. The van der Waals surface area contributed by atoms with Gasteiger partial charge < -0.3 is 9.84 Å². The zero-order valence-corrected chi connectivity index (χ0v) is 5.67. The Kier molecular flexibility index (Phi) is 1.94. The molecule has 3 nitrogen and oxygen atoms in total. The maximum Gasteiger partial charge on any atom is 0.307 e. The van der Waals surface area contributed by atoms with Crippen LogP contribution in [0.5, 0.6) is 0 Å². The van der Waals surface area contributed by atoms with Crippen molar-refractivity contribution in [1.29, 1.82) is 0 Å². The number of ether oxygens (including phenoxy) is 1. The molecule has 0 aliphatic carbocycles. The van der Waals surface area contributed by atoms with Crippen molar-refractivity contribution >= 4 is 5.97 Å². The van der Waals surface area contributed by atoms with Crippen LogP contribution in [0.2, 0.25) is 0 Å². The van der Waals surface area contributed by atoms with Crippen molar-refractivity contribution in [2.24, 2.45) is 0 Å². The summed E-state index contributed by atoms with van der Waals surface area (Å²) in [7, 11) is 0. The van der Waals surface area contributed by atoms with E-state index in [2.05, 4.69) is 6.58 Å². The fourth-order valence-corrected chi connectivity index (χ4v) is 1.01. The highest BCUT2D eigenvalue weighted by Gasteiger charge is 2.21. The fraction of sp³-hybridized carbons (Fsp3) is 0.571. The highest BCUT2D eigenvalue weighted by molar-refractivity contribution is 5.67. The molecule has 0 aromatic heterocycles. The summed E-state index contributed by atoms with van der Waals surface area (Å²) in [6.45, 7) is 3.60. The van der Waals surface area contributed by atoms with Crippen LogP contribution in [0.1, 0.15) is 19.3 Å². The van der Waals surface area contributed by atoms with Gasteiger partial charge in [0.05, 0.1) is 12.2 Å². The third-order valence-corrected chi connectivity index (χ3v) is 1.48. The van der Waals surface area contributed by atoms with E-state index in [1.54, 1.807) is 0 Å². The highest BCUT2D eigenvalue weighted by atomic mass is 16.5. The Morgan fingerprint density at radius 3 is 3.00 bits per heavy atom. The van der Waals surface area contributed by atoms with Crippen LogP contribution in [0.15, 0.2) is 12.3 Å². The fourth-order valence-electron chi connectivity index (χ4n) is 1.01. The summed E-state index contributed by atoms with van der Waals surface area (Å²) in [6, 6.07) is 0.